The molecule has 24 heavy (non-hydrogen) atoms. The molecule has 1 fully saturated rings. The minimum Gasteiger partial charge on any atom is -0.399 e. The zero-order valence-corrected chi connectivity index (χ0v) is 13.8. The Morgan fingerprint density at radius 1 is 1.12 bits per heavy atom. The molecule has 3 rings (SSSR count). The maximum Gasteiger partial charge on any atom is 0.498 e. The van der Waals surface area contributed by atoms with Crippen molar-refractivity contribution in [2.75, 3.05) is 0 Å². The highest BCUT2D eigenvalue weighted by atomic mass is 19.4. The summed E-state index contributed by atoms with van der Waals surface area (Å²) in [6.45, 7) is 7.34. The third-order valence-corrected chi connectivity index (χ3v) is 4.45. The van der Waals surface area contributed by atoms with E-state index in [9.17, 15) is 13.2 Å². The van der Waals surface area contributed by atoms with Crippen LogP contribution in [-0.4, -0.2) is 33.1 Å². The second kappa shape index (κ2) is 5.32. The zero-order valence-electron chi connectivity index (χ0n) is 13.8. The van der Waals surface area contributed by atoms with Crippen molar-refractivity contribution in [1.82, 2.24) is 14.8 Å². The smallest absolute Gasteiger partial charge is 0.399 e. The van der Waals surface area contributed by atoms with E-state index < -0.39 is 30.1 Å². The molecule has 0 atom stereocenters. The molecular formula is C15H17BF3N3O2. The summed E-state index contributed by atoms with van der Waals surface area (Å²) in [5.74, 6) is 0.242. The van der Waals surface area contributed by atoms with Gasteiger partial charge in [0.25, 0.3) is 0 Å². The Bertz CT molecular complexity index is 729. The van der Waals surface area contributed by atoms with Crippen molar-refractivity contribution in [3.63, 3.8) is 0 Å². The SMILES string of the molecule is CC1(C)OB(c2cc(C(F)(F)F)cnc2-n2cccn2)OC1(C)C. The lowest BCUT2D eigenvalue weighted by Crippen LogP contribution is -2.41. The minimum absolute atomic E-state index is 0.187. The normalized spacial score (nSPS) is 19.7. The summed E-state index contributed by atoms with van der Waals surface area (Å²) in [7, 11) is -0.969. The third kappa shape index (κ3) is 2.82. The Labute approximate surface area is 137 Å². The van der Waals surface area contributed by atoms with Crippen molar-refractivity contribution >= 4 is 12.6 Å². The van der Waals surface area contributed by atoms with E-state index in [1.165, 1.54) is 10.9 Å². The fourth-order valence-electron chi connectivity index (χ4n) is 2.36. The van der Waals surface area contributed by atoms with E-state index in [0.717, 1.165) is 12.3 Å². The number of aromatic nitrogens is 3. The number of halogens is 3. The number of pyridine rings is 1. The van der Waals surface area contributed by atoms with Gasteiger partial charge in [-0.05, 0) is 39.8 Å². The molecule has 128 valence electrons. The van der Waals surface area contributed by atoms with Crippen LogP contribution in [0.15, 0.2) is 30.7 Å². The van der Waals surface area contributed by atoms with Crippen LogP contribution in [-0.2, 0) is 15.5 Å². The molecule has 1 aliphatic heterocycles. The van der Waals surface area contributed by atoms with Crippen molar-refractivity contribution in [2.45, 2.75) is 45.1 Å². The average molecular weight is 339 g/mol. The highest BCUT2D eigenvalue weighted by molar-refractivity contribution is 6.63. The molecule has 1 aliphatic rings. The molecule has 0 amide bonds. The van der Waals surface area contributed by atoms with Gasteiger partial charge in [0.2, 0.25) is 0 Å². The van der Waals surface area contributed by atoms with Gasteiger partial charge in [0.15, 0.2) is 5.82 Å². The predicted octanol–water partition coefficient (Wildman–Crippen LogP) is 2.59. The van der Waals surface area contributed by atoms with Gasteiger partial charge >= 0.3 is 13.3 Å². The van der Waals surface area contributed by atoms with Gasteiger partial charge in [0.1, 0.15) is 0 Å². The predicted molar refractivity (Wildman–Crippen MR) is 82.1 cm³/mol. The van der Waals surface area contributed by atoms with Gasteiger partial charge < -0.3 is 9.31 Å². The van der Waals surface area contributed by atoms with Gasteiger partial charge in [-0.2, -0.15) is 18.3 Å². The maximum absolute atomic E-state index is 13.1. The van der Waals surface area contributed by atoms with Gasteiger partial charge in [0, 0.05) is 24.1 Å². The van der Waals surface area contributed by atoms with Gasteiger partial charge in [-0.15, -0.1) is 0 Å². The van der Waals surface area contributed by atoms with Crippen LogP contribution in [0.25, 0.3) is 5.82 Å². The molecule has 0 aromatic carbocycles. The zero-order chi connectivity index (χ0) is 17.8. The topological polar surface area (TPSA) is 49.2 Å². The molecule has 0 unspecified atom stereocenters. The summed E-state index contributed by atoms with van der Waals surface area (Å²) in [6, 6.07) is 2.67. The van der Waals surface area contributed by atoms with E-state index in [1.54, 1.807) is 12.3 Å². The van der Waals surface area contributed by atoms with Crippen LogP contribution in [0.5, 0.6) is 0 Å². The lowest BCUT2D eigenvalue weighted by molar-refractivity contribution is -0.137. The van der Waals surface area contributed by atoms with Crippen LogP contribution in [0.4, 0.5) is 13.2 Å². The standard InChI is InChI=1S/C15H17BF3N3O2/c1-13(2)14(3,4)24-16(23-13)11-8-10(15(17,18)19)9-20-12(11)22-7-5-6-21-22/h5-9H,1-4H3. The van der Waals surface area contributed by atoms with Gasteiger partial charge in [-0.3, -0.25) is 0 Å². The second-order valence-corrected chi connectivity index (χ2v) is 6.67. The van der Waals surface area contributed by atoms with Crippen molar-refractivity contribution in [1.29, 1.82) is 0 Å². The van der Waals surface area contributed by atoms with Crippen LogP contribution < -0.4 is 5.46 Å². The number of nitrogens with zero attached hydrogens (tertiary/aromatic N) is 3. The van der Waals surface area contributed by atoms with Gasteiger partial charge in [-0.1, -0.05) is 0 Å². The Balaban J connectivity index is 2.11. The highest BCUT2D eigenvalue weighted by Gasteiger charge is 2.53. The van der Waals surface area contributed by atoms with Crippen molar-refractivity contribution in [3.8, 4) is 5.82 Å². The molecule has 2 aromatic heterocycles. The molecule has 0 aliphatic carbocycles. The van der Waals surface area contributed by atoms with Crippen LogP contribution in [0.3, 0.4) is 0 Å². The molecule has 2 aromatic rings. The van der Waals surface area contributed by atoms with Crippen LogP contribution >= 0.6 is 0 Å². The molecule has 3 heterocycles. The molecule has 1 saturated heterocycles. The summed E-state index contributed by atoms with van der Waals surface area (Å²) < 4.78 is 52.4. The largest absolute Gasteiger partial charge is 0.498 e. The van der Waals surface area contributed by atoms with E-state index in [4.69, 9.17) is 9.31 Å². The summed E-state index contributed by atoms with van der Waals surface area (Å²) in [5, 5.41) is 4.04. The number of rotatable bonds is 2. The highest BCUT2D eigenvalue weighted by Crippen LogP contribution is 2.37. The molecule has 0 radical (unpaired) electrons. The number of hydrogen-bond acceptors (Lipinski definition) is 4. The van der Waals surface area contributed by atoms with Crippen molar-refractivity contribution in [3.05, 3.63) is 36.3 Å². The molecule has 0 saturated carbocycles. The third-order valence-electron chi connectivity index (χ3n) is 4.45. The Morgan fingerprint density at radius 3 is 2.25 bits per heavy atom. The van der Waals surface area contributed by atoms with E-state index >= 15 is 0 Å². The van der Waals surface area contributed by atoms with Gasteiger partial charge in [0.05, 0.1) is 16.8 Å². The van der Waals surface area contributed by atoms with Crippen molar-refractivity contribution in [2.24, 2.45) is 0 Å². The van der Waals surface area contributed by atoms with E-state index in [2.05, 4.69) is 10.1 Å². The van der Waals surface area contributed by atoms with Crippen molar-refractivity contribution < 1.29 is 22.5 Å². The number of hydrogen-bond donors (Lipinski definition) is 0. The molecular weight excluding hydrogens is 322 g/mol. The first-order valence-corrected chi connectivity index (χ1v) is 7.44. The maximum atomic E-state index is 13.1. The van der Waals surface area contributed by atoms with Crippen LogP contribution in [0, 0.1) is 0 Å². The average Bonchev–Trinajstić information content (AvgIpc) is 3.04. The van der Waals surface area contributed by atoms with E-state index in [1.807, 2.05) is 27.7 Å². The first-order valence-electron chi connectivity index (χ1n) is 7.44. The minimum atomic E-state index is -4.51. The van der Waals surface area contributed by atoms with E-state index in [-0.39, 0.29) is 11.3 Å². The first kappa shape index (κ1) is 17.0. The molecule has 0 bridgehead atoms. The monoisotopic (exact) mass is 339 g/mol. The quantitative estimate of drug-likeness (QED) is 0.790. The van der Waals surface area contributed by atoms with Crippen LogP contribution in [0.1, 0.15) is 33.3 Å². The lowest BCUT2D eigenvalue weighted by atomic mass is 9.78. The molecule has 9 heteroatoms. The summed E-state index contributed by atoms with van der Waals surface area (Å²) >= 11 is 0. The summed E-state index contributed by atoms with van der Waals surface area (Å²) in [4.78, 5) is 3.95. The van der Waals surface area contributed by atoms with E-state index in [0.29, 0.717) is 0 Å². The van der Waals surface area contributed by atoms with Crippen LogP contribution in [0.2, 0.25) is 0 Å². The lowest BCUT2D eigenvalue weighted by Gasteiger charge is -2.32. The second-order valence-electron chi connectivity index (χ2n) is 6.67. The Morgan fingerprint density at radius 2 is 1.75 bits per heavy atom. The summed E-state index contributed by atoms with van der Waals surface area (Å²) in [6.07, 6.45) is -0.600. The number of alkyl halides is 3. The van der Waals surface area contributed by atoms with Gasteiger partial charge in [-0.25, -0.2) is 9.67 Å². The summed E-state index contributed by atoms with van der Waals surface area (Å²) in [5.41, 5.74) is -2.02. The molecule has 5 nitrogen and oxygen atoms in total. The fourth-order valence-corrected chi connectivity index (χ4v) is 2.36. The Kier molecular flexibility index (Phi) is 3.76. The first-order chi connectivity index (χ1) is 11.0. The fraction of sp³-hybridized carbons (Fsp3) is 0.467. The molecule has 0 N–H and O–H groups in total. The molecule has 0 spiro atoms. The Hall–Kier alpha value is -1.87.